The lowest BCUT2D eigenvalue weighted by Crippen LogP contribution is -2.42. The molecule has 0 atom stereocenters. The van der Waals surface area contributed by atoms with E-state index in [1.54, 1.807) is 0 Å². The number of carbonyl (C=O) groups excluding carboxylic acids is 1. The van der Waals surface area contributed by atoms with E-state index in [0.29, 0.717) is 10.9 Å². The molecule has 1 fully saturated rings. The second kappa shape index (κ2) is 9.94. The number of para-hydroxylation sites is 1. The number of thioether (sulfide) groups is 1. The van der Waals surface area contributed by atoms with Gasteiger partial charge >= 0.3 is 0 Å². The van der Waals surface area contributed by atoms with Gasteiger partial charge in [0.15, 0.2) is 5.82 Å². The zero-order valence-corrected chi connectivity index (χ0v) is 18.2. The minimum atomic E-state index is 0.122. The highest BCUT2D eigenvalue weighted by Gasteiger charge is 2.27. The first kappa shape index (κ1) is 20.7. The largest absolute Gasteiger partial charge is 0.309 e. The molecule has 4 rings (SSSR count). The van der Waals surface area contributed by atoms with Crippen LogP contribution in [0.5, 0.6) is 0 Å². The van der Waals surface area contributed by atoms with E-state index in [1.807, 2.05) is 35.2 Å². The van der Waals surface area contributed by atoms with Crippen LogP contribution in [0.15, 0.2) is 59.8 Å². The summed E-state index contributed by atoms with van der Waals surface area (Å²) in [6.07, 6.45) is 6.80. The summed E-state index contributed by atoms with van der Waals surface area (Å²) in [5, 5.41) is 7.91. The fourth-order valence-electron chi connectivity index (χ4n) is 4.02. The van der Waals surface area contributed by atoms with Gasteiger partial charge in [-0.25, -0.2) is 4.98 Å². The number of aryl methyl sites for hydroxylation is 1. The fraction of sp³-hybridized carbons (Fsp3) is 0.375. The molecule has 1 saturated carbocycles. The Balaban J connectivity index is 1.43. The number of hydrogen-bond acceptors (Lipinski definition) is 4. The third-order valence-electron chi connectivity index (χ3n) is 5.67. The van der Waals surface area contributed by atoms with Gasteiger partial charge in [0.1, 0.15) is 0 Å². The molecule has 3 aromatic rings. The van der Waals surface area contributed by atoms with E-state index in [-0.39, 0.29) is 11.9 Å². The summed E-state index contributed by atoms with van der Waals surface area (Å²) in [5.74, 6) is 1.19. The normalized spacial score (nSPS) is 14.6. The van der Waals surface area contributed by atoms with Crippen molar-refractivity contribution in [3.05, 3.63) is 60.2 Å². The van der Waals surface area contributed by atoms with Crippen LogP contribution in [0, 0.1) is 0 Å². The summed E-state index contributed by atoms with van der Waals surface area (Å²) in [5.41, 5.74) is 3.29. The average Bonchev–Trinajstić information content (AvgIpc) is 3.28. The van der Waals surface area contributed by atoms with Gasteiger partial charge in [0.05, 0.1) is 5.75 Å². The number of benzene rings is 2. The topological polar surface area (TPSA) is 61.9 Å². The SMILES string of the molecule is CCc1ccc(-c2nc(SCC(=O)N(c3ccccc3)C3CCCCC3)n[nH]2)cc1. The van der Waals surface area contributed by atoms with Crippen LogP contribution in [-0.4, -0.2) is 32.9 Å². The van der Waals surface area contributed by atoms with Crippen molar-refractivity contribution >= 4 is 23.4 Å². The van der Waals surface area contributed by atoms with Crippen molar-refractivity contribution < 1.29 is 4.79 Å². The summed E-state index contributed by atoms with van der Waals surface area (Å²) in [4.78, 5) is 19.8. The van der Waals surface area contributed by atoms with Gasteiger partial charge in [-0.1, -0.05) is 80.4 Å². The molecule has 5 nitrogen and oxygen atoms in total. The Morgan fingerprint density at radius 3 is 2.50 bits per heavy atom. The minimum Gasteiger partial charge on any atom is -0.309 e. The summed E-state index contributed by atoms with van der Waals surface area (Å²) >= 11 is 1.39. The van der Waals surface area contributed by atoms with Crippen LogP contribution in [-0.2, 0) is 11.2 Å². The Bertz CT molecular complexity index is 949. The molecule has 0 radical (unpaired) electrons. The van der Waals surface area contributed by atoms with Crippen LogP contribution >= 0.6 is 11.8 Å². The maximum atomic E-state index is 13.2. The number of anilines is 1. The maximum Gasteiger partial charge on any atom is 0.237 e. The number of H-pyrrole nitrogens is 1. The van der Waals surface area contributed by atoms with E-state index in [9.17, 15) is 4.79 Å². The lowest BCUT2D eigenvalue weighted by Gasteiger charge is -2.34. The molecule has 1 heterocycles. The number of carbonyl (C=O) groups is 1. The number of aromatic amines is 1. The quantitative estimate of drug-likeness (QED) is 0.513. The molecule has 0 bridgehead atoms. The fourth-order valence-corrected chi connectivity index (χ4v) is 4.68. The van der Waals surface area contributed by atoms with Crippen molar-refractivity contribution in [3.63, 3.8) is 0 Å². The minimum absolute atomic E-state index is 0.122. The highest BCUT2D eigenvalue weighted by atomic mass is 32.2. The molecule has 0 unspecified atom stereocenters. The van der Waals surface area contributed by atoms with Crippen LogP contribution in [0.3, 0.4) is 0 Å². The predicted octanol–water partition coefficient (Wildman–Crippen LogP) is 5.49. The number of nitrogens with one attached hydrogen (secondary N) is 1. The second-order valence-corrected chi connectivity index (χ2v) is 8.64. The molecular weight excluding hydrogens is 392 g/mol. The summed E-state index contributed by atoms with van der Waals surface area (Å²) in [6, 6.07) is 18.7. The molecule has 1 aliphatic rings. The van der Waals surface area contributed by atoms with Gasteiger partial charge in [-0.3, -0.25) is 9.89 Å². The van der Waals surface area contributed by atoms with Crippen molar-refractivity contribution in [2.24, 2.45) is 0 Å². The van der Waals surface area contributed by atoms with E-state index in [2.05, 4.69) is 46.4 Å². The number of rotatable bonds is 7. The maximum absolute atomic E-state index is 13.2. The van der Waals surface area contributed by atoms with Crippen LogP contribution in [0.25, 0.3) is 11.4 Å². The first-order chi connectivity index (χ1) is 14.7. The van der Waals surface area contributed by atoms with E-state index < -0.39 is 0 Å². The Morgan fingerprint density at radius 1 is 1.07 bits per heavy atom. The standard InChI is InChI=1S/C24H28N4OS/c1-2-18-13-15-19(16-14-18)23-25-24(27-26-23)30-17-22(29)28(20-9-5-3-6-10-20)21-11-7-4-8-12-21/h3,5-6,9-10,13-16,21H,2,4,7-8,11-12,17H2,1H3,(H,25,26,27). The first-order valence-corrected chi connectivity index (χ1v) is 11.7. The third kappa shape index (κ3) is 4.93. The summed E-state index contributed by atoms with van der Waals surface area (Å²) in [7, 11) is 0. The first-order valence-electron chi connectivity index (χ1n) is 10.8. The number of amides is 1. The van der Waals surface area contributed by atoms with E-state index >= 15 is 0 Å². The van der Waals surface area contributed by atoms with Crippen molar-refractivity contribution in [1.82, 2.24) is 15.2 Å². The van der Waals surface area contributed by atoms with Gasteiger partial charge in [-0.15, -0.1) is 5.10 Å². The van der Waals surface area contributed by atoms with Gasteiger partial charge in [0, 0.05) is 17.3 Å². The zero-order chi connectivity index (χ0) is 20.8. The smallest absolute Gasteiger partial charge is 0.237 e. The highest BCUT2D eigenvalue weighted by molar-refractivity contribution is 7.99. The van der Waals surface area contributed by atoms with Crippen molar-refractivity contribution in [1.29, 1.82) is 0 Å². The van der Waals surface area contributed by atoms with Gasteiger partial charge in [-0.05, 0) is 37.0 Å². The molecule has 0 aliphatic heterocycles. The zero-order valence-electron chi connectivity index (χ0n) is 17.4. The lowest BCUT2D eigenvalue weighted by molar-refractivity contribution is -0.116. The Hall–Kier alpha value is -2.60. The molecule has 0 spiro atoms. The lowest BCUT2D eigenvalue weighted by atomic mass is 9.93. The summed E-state index contributed by atoms with van der Waals surface area (Å²) in [6.45, 7) is 2.14. The van der Waals surface area contributed by atoms with Crippen molar-refractivity contribution in [2.45, 2.75) is 56.6 Å². The second-order valence-electron chi connectivity index (χ2n) is 7.70. The van der Waals surface area contributed by atoms with E-state index in [4.69, 9.17) is 0 Å². The Kier molecular flexibility index (Phi) is 6.84. The van der Waals surface area contributed by atoms with Crippen molar-refractivity contribution in [2.75, 3.05) is 10.7 Å². The molecule has 2 aromatic carbocycles. The Labute approximate surface area is 182 Å². The number of hydrogen-bond donors (Lipinski definition) is 1. The van der Waals surface area contributed by atoms with Gasteiger partial charge < -0.3 is 4.90 Å². The molecule has 1 aliphatic carbocycles. The number of nitrogens with zero attached hydrogens (tertiary/aromatic N) is 3. The Morgan fingerprint density at radius 2 is 1.80 bits per heavy atom. The van der Waals surface area contributed by atoms with Crippen LogP contribution in [0.4, 0.5) is 5.69 Å². The van der Waals surface area contributed by atoms with Gasteiger partial charge in [0.25, 0.3) is 0 Å². The van der Waals surface area contributed by atoms with Gasteiger partial charge in [0.2, 0.25) is 11.1 Å². The summed E-state index contributed by atoms with van der Waals surface area (Å²) < 4.78 is 0. The monoisotopic (exact) mass is 420 g/mol. The van der Waals surface area contributed by atoms with Crippen molar-refractivity contribution in [3.8, 4) is 11.4 Å². The third-order valence-corrected chi connectivity index (χ3v) is 6.50. The molecule has 1 aromatic heterocycles. The molecule has 156 valence electrons. The van der Waals surface area contributed by atoms with Gasteiger partial charge in [-0.2, -0.15) is 0 Å². The molecule has 1 amide bonds. The highest BCUT2D eigenvalue weighted by Crippen LogP contribution is 2.29. The molecule has 30 heavy (non-hydrogen) atoms. The average molecular weight is 421 g/mol. The molecule has 0 saturated heterocycles. The van der Waals surface area contributed by atoms with Crippen LogP contribution < -0.4 is 4.90 Å². The molecule has 1 N–H and O–H groups in total. The van der Waals surface area contributed by atoms with E-state index in [0.717, 1.165) is 36.3 Å². The number of aromatic nitrogens is 3. The van der Waals surface area contributed by atoms with Crippen LogP contribution in [0.1, 0.15) is 44.6 Å². The molecule has 6 heteroatoms. The van der Waals surface area contributed by atoms with Crippen LogP contribution in [0.2, 0.25) is 0 Å². The molecular formula is C24H28N4OS. The van der Waals surface area contributed by atoms with E-state index in [1.165, 1.54) is 36.6 Å². The predicted molar refractivity (Wildman–Crippen MR) is 123 cm³/mol.